The Morgan fingerprint density at radius 1 is 1.26 bits per heavy atom. The lowest BCUT2D eigenvalue weighted by molar-refractivity contribution is 0.141. The van der Waals surface area contributed by atoms with Crippen LogP contribution in [0.5, 0.6) is 0 Å². The largest absolute Gasteiger partial charge is 0.395 e. The first-order valence-electron chi connectivity index (χ1n) is 6.82. The summed E-state index contributed by atoms with van der Waals surface area (Å²) < 4.78 is 13.7. The quantitative estimate of drug-likeness (QED) is 0.797. The summed E-state index contributed by atoms with van der Waals surface area (Å²) in [5.74, 6) is -0.133. The maximum absolute atomic E-state index is 13.7. The number of aliphatic hydroxyl groups excluding tert-OH is 1. The van der Waals surface area contributed by atoms with Crippen molar-refractivity contribution in [2.24, 2.45) is 11.7 Å². The fourth-order valence-electron chi connectivity index (χ4n) is 2.22. The van der Waals surface area contributed by atoms with Crippen molar-refractivity contribution in [2.75, 3.05) is 19.7 Å². The fraction of sp³-hybridized carbons (Fsp3) is 0.600. The van der Waals surface area contributed by atoms with Crippen LogP contribution in [0.1, 0.15) is 32.4 Å². The predicted octanol–water partition coefficient (Wildman–Crippen LogP) is 2.16. The molecule has 1 aromatic rings. The molecule has 0 aliphatic heterocycles. The highest BCUT2D eigenvalue weighted by Crippen LogP contribution is 2.23. The number of benzene rings is 1. The van der Waals surface area contributed by atoms with Gasteiger partial charge in [-0.05, 0) is 25.8 Å². The third-order valence-corrected chi connectivity index (χ3v) is 3.52. The van der Waals surface area contributed by atoms with E-state index in [1.54, 1.807) is 18.2 Å². The van der Waals surface area contributed by atoms with Crippen LogP contribution in [0, 0.1) is 11.7 Å². The molecule has 108 valence electrons. The minimum absolute atomic E-state index is 0.117. The zero-order valence-electron chi connectivity index (χ0n) is 12.0. The van der Waals surface area contributed by atoms with Crippen molar-refractivity contribution in [3.63, 3.8) is 0 Å². The molecule has 0 fully saturated rings. The second-order valence-corrected chi connectivity index (χ2v) is 5.34. The van der Waals surface area contributed by atoms with Gasteiger partial charge < -0.3 is 10.8 Å². The van der Waals surface area contributed by atoms with Crippen molar-refractivity contribution in [3.8, 4) is 0 Å². The summed E-state index contributed by atoms with van der Waals surface area (Å²) in [6, 6.07) is 6.66. The van der Waals surface area contributed by atoms with Crippen molar-refractivity contribution in [2.45, 2.75) is 32.9 Å². The lowest BCUT2D eigenvalue weighted by Gasteiger charge is -2.31. The molecule has 0 saturated carbocycles. The number of nitrogens with two attached hydrogens (primary N) is 1. The lowest BCUT2D eigenvalue weighted by Crippen LogP contribution is -2.39. The van der Waals surface area contributed by atoms with Crippen LogP contribution in [0.3, 0.4) is 0 Å². The van der Waals surface area contributed by atoms with Gasteiger partial charge in [-0.3, -0.25) is 4.90 Å². The van der Waals surface area contributed by atoms with Crippen molar-refractivity contribution in [1.29, 1.82) is 0 Å². The molecule has 0 aliphatic carbocycles. The van der Waals surface area contributed by atoms with Gasteiger partial charge in [0.05, 0.1) is 6.61 Å². The highest BCUT2D eigenvalue weighted by Gasteiger charge is 2.21. The standard InChI is InChI=1S/C15H25FN2O/c1-11(2)18(8-9-19)10-12(3)15(17)13-6-4-5-7-14(13)16/h4-7,11-12,15,19H,8-10,17H2,1-3H3. The van der Waals surface area contributed by atoms with Crippen molar-refractivity contribution in [1.82, 2.24) is 4.90 Å². The normalized spacial score (nSPS) is 14.9. The zero-order valence-corrected chi connectivity index (χ0v) is 12.0. The fourth-order valence-corrected chi connectivity index (χ4v) is 2.22. The van der Waals surface area contributed by atoms with Gasteiger partial charge in [0, 0.05) is 30.7 Å². The van der Waals surface area contributed by atoms with E-state index in [-0.39, 0.29) is 24.4 Å². The van der Waals surface area contributed by atoms with Crippen LogP contribution in [-0.4, -0.2) is 35.7 Å². The summed E-state index contributed by atoms with van der Waals surface area (Å²) in [5, 5.41) is 9.07. The Balaban J connectivity index is 2.71. The molecule has 0 bridgehead atoms. The first-order chi connectivity index (χ1) is 8.97. The molecular formula is C15H25FN2O. The molecule has 0 spiro atoms. The molecule has 3 nitrogen and oxygen atoms in total. The van der Waals surface area contributed by atoms with Gasteiger partial charge >= 0.3 is 0 Å². The minimum atomic E-state index is -0.332. The zero-order chi connectivity index (χ0) is 14.4. The van der Waals surface area contributed by atoms with E-state index >= 15 is 0 Å². The molecule has 1 rings (SSSR count). The van der Waals surface area contributed by atoms with E-state index in [1.165, 1.54) is 6.07 Å². The van der Waals surface area contributed by atoms with E-state index in [0.29, 0.717) is 18.2 Å². The molecule has 4 heteroatoms. The number of nitrogens with zero attached hydrogens (tertiary/aromatic N) is 1. The number of hydrogen-bond acceptors (Lipinski definition) is 3. The lowest BCUT2D eigenvalue weighted by atomic mass is 9.94. The van der Waals surface area contributed by atoms with E-state index < -0.39 is 0 Å². The number of rotatable bonds is 7. The van der Waals surface area contributed by atoms with Gasteiger partial charge in [0.25, 0.3) is 0 Å². The average molecular weight is 268 g/mol. The topological polar surface area (TPSA) is 49.5 Å². The Morgan fingerprint density at radius 3 is 2.42 bits per heavy atom. The van der Waals surface area contributed by atoms with Gasteiger partial charge in [-0.1, -0.05) is 25.1 Å². The van der Waals surface area contributed by atoms with E-state index in [9.17, 15) is 4.39 Å². The Hall–Kier alpha value is -0.970. The molecule has 0 radical (unpaired) electrons. The predicted molar refractivity (Wildman–Crippen MR) is 76.3 cm³/mol. The summed E-state index contributed by atoms with van der Waals surface area (Å²) in [4.78, 5) is 2.16. The van der Waals surface area contributed by atoms with Crippen LogP contribution in [0.4, 0.5) is 4.39 Å². The first kappa shape index (κ1) is 16.1. The number of hydrogen-bond donors (Lipinski definition) is 2. The van der Waals surface area contributed by atoms with Crippen LogP contribution in [-0.2, 0) is 0 Å². The van der Waals surface area contributed by atoms with Gasteiger partial charge in [-0.25, -0.2) is 4.39 Å². The molecule has 0 aliphatic rings. The molecule has 2 atom stereocenters. The first-order valence-corrected chi connectivity index (χ1v) is 6.82. The van der Waals surface area contributed by atoms with Crippen LogP contribution in [0.25, 0.3) is 0 Å². The SMILES string of the molecule is CC(CN(CCO)C(C)C)C(N)c1ccccc1F. The summed E-state index contributed by atoms with van der Waals surface area (Å²) in [5.41, 5.74) is 6.71. The second kappa shape index (κ2) is 7.58. The maximum Gasteiger partial charge on any atom is 0.127 e. The van der Waals surface area contributed by atoms with Crippen LogP contribution in [0.2, 0.25) is 0 Å². The smallest absolute Gasteiger partial charge is 0.127 e. The Bertz CT molecular complexity index is 384. The third kappa shape index (κ3) is 4.56. The summed E-state index contributed by atoms with van der Waals surface area (Å²) in [7, 11) is 0. The van der Waals surface area contributed by atoms with Crippen LogP contribution in [0.15, 0.2) is 24.3 Å². The Morgan fingerprint density at radius 2 is 1.89 bits per heavy atom. The van der Waals surface area contributed by atoms with Gasteiger partial charge in [0.15, 0.2) is 0 Å². The van der Waals surface area contributed by atoms with Crippen molar-refractivity contribution >= 4 is 0 Å². The van der Waals surface area contributed by atoms with E-state index in [0.717, 1.165) is 6.54 Å². The van der Waals surface area contributed by atoms with E-state index in [2.05, 4.69) is 18.7 Å². The molecular weight excluding hydrogens is 243 g/mol. The number of aliphatic hydroxyl groups is 1. The average Bonchev–Trinajstić information content (AvgIpc) is 2.37. The van der Waals surface area contributed by atoms with E-state index in [4.69, 9.17) is 10.8 Å². The summed E-state index contributed by atoms with van der Waals surface area (Å²) in [6.07, 6.45) is 0. The monoisotopic (exact) mass is 268 g/mol. The van der Waals surface area contributed by atoms with Gasteiger partial charge in [0.2, 0.25) is 0 Å². The minimum Gasteiger partial charge on any atom is -0.395 e. The molecule has 19 heavy (non-hydrogen) atoms. The van der Waals surface area contributed by atoms with Crippen LogP contribution >= 0.6 is 0 Å². The molecule has 0 aromatic heterocycles. The second-order valence-electron chi connectivity index (χ2n) is 5.34. The van der Waals surface area contributed by atoms with Crippen LogP contribution < -0.4 is 5.73 Å². The molecule has 0 amide bonds. The van der Waals surface area contributed by atoms with Crippen molar-refractivity contribution < 1.29 is 9.50 Å². The van der Waals surface area contributed by atoms with Gasteiger partial charge in [-0.2, -0.15) is 0 Å². The Kier molecular flexibility index (Phi) is 6.42. The molecule has 0 heterocycles. The highest BCUT2D eigenvalue weighted by atomic mass is 19.1. The molecule has 2 unspecified atom stereocenters. The summed E-state index contributed by atoms with van der Waals surface area (Å²) in [6.45, 7) is 7.66. The van der Waals surface area contributed by atoms with Gasteiger partial charge in [-0.15, -0.1) is 0 Å². The Labute approximate surface area is 115 Å². The molecule has 0 saturated heterocycles. The number of halogens is 1. The third-order valence-electron chi connectivity index (χ3n) is 3.52. The van der Waals surface area contributed by atoms with E-state index in [1.807, 2.05) is 6.92 Å². The summed E-state index contributed by atoms with van der Waals surface area (Å²) >= 11 is 0. The van der Waals surface area contributed by atoms with Crippen molar-refractivity contribution in [3.05, 3.63) is 35.6 Å². The molecule has 1 aromatic carbocycles. The molecule has 3 N–H and O–H groups in total. The highest BCUT2D eigenvalue weighted by molar-refractivity contribution is 5.21. The van der Waals surface area contributed by atoms with Gasteiger partial charge in [0.1, 0.15) is 5.82 Å². The maximum atomic E-state index is 13.7.